The molecule has 0 unspecified atom stereocenters. The second-order valence-electron chi connectivity index (χ2n) is 9.41. The predicted molar refractivity (Wildman–Crippen MR) is 132 cm³/mol. The molecule has 8 heteroatoms. The number of piperidine rings is 1. The molecule has 0 spiro atoms. The quantitative estimate of drug-likeness (QED) is 0.628. The van der Waals surface area contributed by atoms with Crippen LogP contribution in [-0.4, -0.2) is 76.0 Å². The van der Waals surface area contributed by atoms with E-state index in [1.807, 2.05) is 4.90 Å². The Kier molecular flexibility index (Phi) is 6.33. The molecule has 0 saturated carbocycles. The van der Waals surface area contributed by atoms with Gasteiger partial charge in [0.15, 0.2) is 0 Å². The first-order chi connectivity index (χ1) is 16.3. The number of ether oxygens (including phenoxy) is 1. The average molecular weight is 482 g/mol. The second-order valence-corrected chi connectivity index (χ2v) is 11.4. The van der Waals surface area contributed by atoms with Crippen LogP contribution in [0.15, 0.2) is 53.4 Å². The van der Waals surface area contributed by atoms with E-state index in [1.54, 1.807) is 36.4 Å². The van der Waals surface area contributed by atoms with E-state index in [2.05, 4.69) is 37.1 Å². The lowest BCUT2D eigenvalue weighted by Gasteiger charge is -2.36. The predicted octanol–water partition coefficient (Wildman–Crippen LogP) is 2.86. The number of likely N-dealkylation sites (tertiary alicyclic amines) is 1. The van der Waals surface area contributed by atoms with Gasteiger partial charge in [-0.3, -0.25) is 4.79 Å². The van der Waals surface area contributed by atoms with Crippen molar-refractivity contribution in [3.63, 3.8) is 0 Å². The van der Waals surface area contributed by atoms with Gasteiger partial charge in [0.2, 0.25) is 10.0 Å². The van der Waals surface area contributed by atoms with Crippen LogP contribution in [0, 0.1) is 6.92 Å². The molecule has 2 saturated heterocycles. The van der Waals surface area contributed by atoms with E-state index in [9.17, 15) is 13.2 Å². The van der Waals surface area contributed by atoms with Gasteiger partial charge < -0.3 is 14.5 Å². The Morgan fingerprint density at radius 1 is 1.06 bits per heavy atom. The van der Waals surface area contributed by atoms with Crippen LogP contribution in [0.1, 0.15) is 29.0 Å². The van der Waals surface area contributed by atoms with Crippen molar-refractivity contribution < 1.29 is 17.9 Å². The van der Waals surface area contributed by atoms with Gasteiger partial charge in [-0.2, -0.15) is 4.31 Å². The molecule has 0 aliphatic carbocycles. The topological polar surface area (TPSA) is 70.2 Å². The molecule has 0 bridgehead atoms. The van der Waals surface area contributed by atoms with Crippen molar-refractivity contribution in [2.75, 3.05) is 51.3 Å². The summed E-state index contributed by atoms with van der Waals surface area (Å²) in [5.74, 6) is 0.294. The van der Waals surface area contributed by atoms with E-state index >= 15 is 0 Å². The van der Waals surface area contributed by atoms with Gasteiger partial charge in [-0.25, -0.2) is 8.42 Å². The highest BCUT2D eigenvalue weighted by Crippen LogP contribution is 2.45. The summed E-state index contributed by atoms with van der Waals surface area (Å²) in [5.41, 5.74) is 4.27. The van der Waals surface area contributed by atoms with Gasteiger partial charge in [0.25, 0.3) is 5.91 Å². The Bertz CT molecular complexity index is 1200. The van der Waals surface area contributed by atoms with Crippen LogP contribution < -0.4 is 4.90 Å². The number of fused-ring (bicyclic) bond motifs is 3. The summed E-state index contributed by atoms with van der Waals surface area (Å²) >= 11 is 0. The van der Waals surface area contributed by atoms with Gasteiger partial charge in [0.05, 0.1) is 18.1 Å². The van der Waals surface area contributed by atoms with Crippen molar-refractivity contribution in [1.82, 2.24) is 9.21 Å². The molecule has 5 rings (SSSR count). The third-order valence-corrected chi connectivity index (χ3v) is 9.01. The Hall–Kier alpha value is -2.52. The van der Waals surface area contributed by atoms with Gasteiger partial charge >= 0.3 is 0 Å². The first-order valence-corrected chi connectivity index (χ1v) is 13.3. The van der Waals surface area contributed by atoms with Crippen LogP contribution in [0.25, 0.3) is 6.08 Å². The number of sulfonamides is 1. The number of carbonyl (C=O) groups excluding carboxylic acids is 1. The molecule has 3 aliphatic heterocycles. The number of anilines is 1. The maximum atomic E-state index is 13.3. The van der Waals surface area contributed by atoms with Crippen LogP contribution in [-0.2, 0) is 19.6 Å². The molecule has 3 aliphatic rings. The van der Waals surface area contributed by atoms with Crippen molar-refractivity contribution in [2.45, 2.75) is 30.2 Å². The van der Waals surface area contributed by atoms with E-state index in [4.69, 9.17) is 4.74 Å². The Balaban J connectivity index is 1.34. The van der Waals surface area contributed by atoms with Crippen molar-refractivity contribution >= 4 is 27.7 Å². The van der Waals surface area contributed by atoms with E-state index < -0.39 is 10.0 Å². The van der Waals surface area contributed by atoms with Gasteiger partial charge in [-0.05, 0) is 62.3 Å². The van der Waals surface area contributed by atoms with Crippen LogP contribution in [0.4, 0.5) is 5.69 Å². The maximum absolute atomic E-state index is 13.3. The smallest absolute Gasteiger partial charge is 0.251 e. The number of hydrogen-bond acceptors (Lipinski definition) is 5. The zero-order valence-electron chi connectivity index (χ0n) is 19.7. The number of carbonyl (C=O) groups is 1. The number of hydrogen-bond donors (Lipinski definition) is 0. The third-order valence-electron chi connectivity index (χ3n) is 7.10. The molecule has 2 aromatic rings. The Morgan fingerprint density at radius 2 is 1.79 bits per heavy atom. The summed E-state index contributed by atoms with van der Waals surface area (Å²) in [7, 11) is -1.39. The molecule has 2 fully saturated rings. The van der Waals surface area contributed by atoms with Gasteiger partial charge in [-0.1, -0.05) is 29.8 Å². The fourth-order valence-corrected chi connectivity index (χ4v) is 6.71. The van der Waals surface area contributed by atoms with Crippen molar-refractivity contribution in [1.29, 1.82) is 0 Å². The first kappa shape index (κ1) is 23.2. The number of aryl methyl sites for hydroxylation is 1. The fourth-order valence-electron chi connectivity index (χ4n) is 5.30. The zero-order chi connectivity index (χ0) is 23.9. The molecule has 0 N–H and O–H groups in total. The largest absolute Gasteiger partial charge is 0.379 e. The molecule has 2 atom stereocenters. The van der Waals surface area contributed by atoms with Crippen molar-refractivity contribution in [2.24, 2.45) is 0 Å². The van der Waals surface area contributed by atoms with Crippen molar-refractivity contribution in [3.05, 3.63) is 65.2 Å². The maximum Gasteiger partial charge on any atom is 0.251 e. The number of likely N-dealkylation sites (N-methyl/N-ethyl adjacent to an activating group) is 1. The van der Waals surface area contributed by atoms with Crippen molar-refractivity contribution in [3.8, 4) is 0 Å². The lowest BCUT2D eigenvalue weighted by Crippen LogP contribution is -2.46. The molecule has 0 radical (unpaired) electrons. The van der Waals surface area contributed by atoms with Gasteiger partial charge in [0.1, 0.15) is 0 Å². The Labute approximate surface area is 201 Å². The van der Waals surface area contributed by atoms with Crippen LogP contribution >= 0.6 is 0 Å². The molecule has 3 heterocycles. The molecule has 0 aromatic heterocycles. The normalized spacial score (nSPS) is 23.8. The monoisotopic (exact) mass is 481 g/mol. The number of rotatable bonds is 4. The summed E-state index contributed by atoms with van der Waals surface area (Å²) < 4.78 is 32.4. The SMILES string of the molecule is Cc1ccc2c(c1)[C@@H]1CN(C)CC[C@H]1N2C(=O)/C=C/c1ccc(S(=O)(=O)N2CCOCC2)cc1. The number of amides is 1. The molecule has 2 aromatic carbocycles. The molecule has 1 amide bonds. The first-order valence-electron chi connectivity index (χ1n) is 11.8. The van der Waals surface area contributed by atoms with Crippen LogP contribution in [0.5, 0.6) is 0 Å². The second kappa shape index (κ2) is 9.26. The third kappa shape index (κ3) is 4.31. The number of benzene rings is 2. The minimum Gasteiger partial charge on any atom is -0.379 e. The van der Waals surface area contributed by atoms with E-state index in [-0.39, 0.29) is 16.8 Å². The van der Waals surface area contributed by atoms with Crippen LogP contribution in [0.3, 0.4) is 0 Å². The van der Waals surface area contributed by atoms with E-state index in [0.717, 1.165) is 30.8 Å². The molecular formula is C26H31N3O4S. The lowest BCUT2D eigenvalue weighted by molar-refractivity contribution is -0.114. The summed E-state index contributed by atoms with van der Waals surface area (Å²) in [6.45, 7) is 5.59. The number of nitrogens with zero attached hydrogens (tertiary/aromatic N) is 3. The lowest BCUT2D eigenvalue weighted by atomic mass is 9.89. The zero-order valence-corrected chi connectivity index (χ0v) is 20.5. The average Bonchev–Trinajstić information content (AvgIpc) is 3.16. The number of morpholine rings is 1. The Morgan fingerprint density at radius 3 is 2.53 bits per heavy atom. The standard InChI is InChI=1S/C26H31N3O4S/c1-19-3-9-24-22(17-19)23-18-27(2)12-11-25(23)29(24)26(30)10-6-20-4-7-21(8-5-20)34(31,32)28-13-15-33-16-14-28/h3-10,17,23,25H,11-16,18H2,1-2H3/b10-6+/t23-,25+/m0/s1. The van der Waals surface area contributed by atoms with E-state index in [1.165, 1.54) is 15.4 Å². The van der Waals surface area contributed by atoms with Gasteiger partial charge in [-0.15, -0.1) is 0 Å². The molecule has 34 heavy (non-hydrogen) atoms. The minimum atomic E-state index is -3.53. The highest BCUT2D eigenvalue weighted by Gasteiger charge is 2.43. The minimum absolute atomic E-state index is 0.0350. The fraction of sp³-hybridized carbons (Fsp3) is 0.423. The van der Waals surface area contributed by atoms with Crippen LogP contribution in [0.2, 0.25) is 0 Å². The van der Waals surface area contributed by atoms with E-state index in [0.29, 0.717) is 32.2 Å². The summed E-state index contributed by atoms with van der Waals surface area (Å²) in [5, 5.41) is 0. The summed E-state index contributed by atoms with van der Waals surface area (Å²) in [6.07, 6.45) is 4.32. The molecular weight excluding hydrogens is 450 g/mol. The summed E-state index contributed by atoms with van der Waals surface area (Å²) in [4.78, 5) is 17.9. The molecule has 7 nitrogen and oxygen atoms in total. The van der Waals surface area contributed by atoms with Gasteiger partial charge in [0, 0.05) is 43.4 Å². The molecule has 180 valence electrons. The highest BCUT2D eigenvalue weighted by atomic mass is 32.2. The highest BCUT2D eigenvalue weighted by molar-refractivity contribution is 7.89. The summed E-state index contributed by atoms with van der Waals surface area (Å²) in [6, 6.07) is 13.2.